The number of nitrogens with zero attached hydrogens (tertiary/aromatic N) is 3. The normalized spacial score (nSPS) is 18.1. The highest BCUT2D eigenvalue weighted by Gasteiger charge is 2.54. The van der Waals surface area contributed by atoms with E-state index in [-0.39, 0.29) is 31.3 Å². The number of carbonyl (C=O) groups is 3. The molecule has 0 unspecified atom stereocenters. The van der Waals surface area contributed by atoms with Crippen molar-refractivity contribution >= 4 is 31.9 Å². The first-order chi connectivity index (χ1) is 19.4. The number of rotatable bonds is 8. The molecule has 0 spiro atoms. The molecule has 42 heavy (non-hydrogen) atoms. The van der Waals surface area contributed by atoms with Crippen molar-refractivity contribution in [3.63, 3.8) is 0 Å². The van der Waals surface area contributed by atoms with Crippen molar-refractivity contribution in [3.05, 3.63) is 46.9 Å². The summed E-state index contributed by atoms with van der Waals surface area (Å²) in [6.45, 7) is 15.3. The zero-order valence-corrected chi connectivity index (χ0v) is 26.9. The Morgan fingerprint density at radius 2 is 1.88 bits per heavy atom. The second-order valence-corrected chi connectivity index (χ2v) is 19.1. The number of benzene rings is 1. The van der Waals surface area contributed by atoms with Gasteiger partial charge in [-0.25, -0.2) is 14.0 Å². The minimum absolute atomic E-state index is 0.0710. The molecule has 2 aromatic rings. The zero-order chi connectivity index (χ0) is 31.3. The van der Waals surface area contributed by atoms with E-state index in [0.717, 1.165) is 23.9 Å². The quantitative estimate of drug-likeness (QED) is 0.324. The Morgan fingerprint density at radius 1 is 1.21 bits per heavy atom. The molecular weight excluding hydrogens is 557 g/mol. The summed E-state index contributed by atoms with van der Waals surface area (Å²) in [5.74, 6) is -0.349. The highest BCUT2D eigenvalue weighted by Crippen LogP contribution is 2.56. The van der Waals surface area contributed by atoms with E-state index in [1.54, 1.807) is 37.8 Å². The third-order valence-corrected chi connectivity index (χ3v) is 12.4. The minimum Gasteiger partial charge on any atom is -0.448 e. The smallest absolute Gasteiger partial charge is 0.436 e. The molecular formula is C30H44FN5O5Si. The van der Waals surface area contributed by atoms with Crippen LogP contribution >= 0.6 is 0 Å². The Morgan fingerprint density at radius 3 is 2.40 bits per heavy atom. The molecule has 0 saturated heterocycles. The van der Waals surface area contributed by atoms with Crippen LogP contribution in [0.4, 0.5) is 19.8 Å². The van der Waals surface area contributed by atoms with Crippen LogP contribution in [0.25, 0.3) is 0 Å². The third kappa shape index (κ3) is 5.83. The molecule has 230 valence electrons. The Hall–Kier alpha value is -3.25. The number of fused-ring (bicyclic) bond motifs is 1. The first-order valence-electron chi connectivity index (χ1n) is 14.6. The van der Waals surface area contributed by atoms with E-state index in [4.69, 9.17) is 4.74 Å². The molecule has 1 atom stereocenters. The molecule has 3 amide bonds. The van der Waals surface area contributed by atoms with Gasteiger partial charge in [0.2, 0.25) is 5.91 Å². The number of ether oxygens (including phenoxy) is 1. The van der Waals surface area contributed by atoms with Crippen molar-refractivity contribution in [1.82, 2.24) is 20.0 Å². The second kappa shape index (κ2) is 11.1. The van der Waals surface area contributed by atoms with Crippen molar-refractivity contribution < 1.29 is 28.6 Å². The molecule has 4 rings (SSSR count). The van der Waals surface area contributed by atoms with Crippen LogP contribution in [-0.2, 0) is 21.6 Å². The third-order valence-electron chi connectivity index (χ3n) is 8.80. The number of amides is 3. The summed E-state index contributed by atoms with van der Waals surface area (Å²) < 4.78 is 20.4. The van der Waals surface area contributed by atoms with Crippen LogP contribution in [0.15, 0.2) is 24.3 Å². The van der Waals surface area contributed by atoms with E-state index in [9.17, 15) is 23.9 Å². The first kappa shape index (κ1) is 31.7. The van der Waals surface area contributed by atoms with Crippen LogP contribution in [0.2, 0.25) is 24.7 Å². The number of anilines is 1. The first-order valence-corrected chi connectivity index (χ1v) is 18.1. The van der Waals surface area contributed by atoms with E-state index in [1.165, 1.54) is 12.1 Å². The van der Waals surface area contributed by atoms with Gasteiger partial charge in [0.1, 0.15) is 11.6 Å². The van der Waals surface area contributed by atoms with E-state index in [0.29, 0.717) is 16.8 Å². The molecule has 2 heterocycles. The highest BCUT2D eigenvalue weighted by atomic mass is 28.3. The van der Waals surface area contributed by atoms with Gasteiger partial charge < -0.3 is 25.4 Å². The maximum absolute atomic E-state index is 14.1. The van der Waals surface area contributed by atoms with Crippen LogP contribution in [0.5, 0.6) is 0 Å². The van der Waals surface area contributed by atoms with E-state index < -0.39 is 48.2 Å². The monoisotopic (exact) mass is 601 g/mol. The Kier molecular flexibility index (Phi) is 8.38. The lowest BCUT2D eigenvalue weighted by Crippen LogP contribution is -2.52. The van der Waals surface area contributed by atoms with Gasteiger partial charge in [0, 0.05) is 17.0 Å². The number of urea groups is 1. The number of hydrogen-bond donors (Lipinski definition) is 3. The van der Waals surface area contributed by atoms with Gasteiger partial charge in [0.15, 0.2) is 0 Å². The van der Waals surface area contributed by atoms with Crippen molar-refractivity contribution in [3.8, 4) is 0 Å². The summed E-state index contributed by atoms with van der Waals surface area (Å²) in [5.41, 5.74) is -0.546. The maximum Gasteiger partial charge on any atom is 0.436 e. The number of nitrogens with one attached hydrogen (secondary N) is 2. The van der Waals surface area contributed by atoms with E-state index in [1.807, 2.05) is 13.8 Å². The summed E-state index contributed by atoms with van der Waals surface area (Å²) in [5, 5.41) is 20.7. The lowest BCUT2D eigenvalue weighted by atomic mass is 9.83. The fraction of sp³-hybridized carbons (Fsp3) is 0.600. The summed E-state index contributed by atoms with van der Waals surface area (Å²) in [6.07, 6.45) is 2.02. The SMILES string of the molecule is CCOC(=O)n1nc2c(c1NC(=O)C1([Si](C)(C)C)CCC1)CN(C(=O)N[C@H](CC(C)(C)O)c1cccc(F)c1)C2(C)C. The minimum atomic E-state index is -1.92. The van der Waals surface area contributed by atoms with Gasteiger partial charge in [-0.1, -0.05) is 38.2 Å². The summed E-state index contributed by atoms with van der Waals surface area (Å²) in [4.78, 5) is 42.2. The maximum atomic E-state index is 14.1. The lowest BCUT2D eigenvalue weighted by molar-refractivity contribution is -0.121. The van der Waals surface area contributed by atoms with Gasteiger partial charge in [0.25, 0.3) is 0 Å². The number of aliphatic hydroxyl groups is 1. The Balaban J connectivity index is 1.68. The number of halogens is 1. The molecule has 0 bridgehead atoms. The predicted octanol–water partition coefficient (Wildman–Crippen LogP) is 5.89. The van der Waals surface area contributed by atoms with Crippen LogP contribution in [0, 0.1) is 5.82 Å². The number of hydrogen-bond acceptors (Lipinski definition) is 6. The molecule has 1 aromatic heterocycles. The molecule has 2 aliphatic rings. The lowest BCUT2D eigenvalue weighted by Gasteiger charge is -2.48. The molecule has 1 fully saturated rings. The molecule has 3 N–H and O–H groups in total. The average molecular weight is 602 g/mol. The molecule has 1 saturated carbocycles. The van der Waals surface area contributed by atoms with Crippen LogP contribution in [-0.4, -0.2) is 58.1 Å². The Bertz CT molecular complexity index is 1370. The number of carbonyl (C=O) groups excluding carboxylic acids is 3. The topological polar surface area (TPSA) is 126 Å². The van der Waals surface area contributed by atoms with Crippen molar-refractivity contribution in [2.75, 3.05) is 11.9 Å². The fourth-order valence-corrected chi connectivity index (χ4v) is 8.72. The van der Waals surface area contributed by atoms with Gasteiger partial charge in [-0.05, 0) is 65.2 Å². The number of aromatic nitrogens is 2. The van der Waals surface area contributed by atoms with Gasteiger partial charge in [-0.3, -0.25) is 4.79 Å². The van der Waals surface area contributed by atoms with E-state index in [2.05, 4.69) is 35.4 Å². The molecule has 10 nitrogen and oxygen atoms in total. The summed E-state index contributed by atoms with van der Waals surface area (Å²) >= 11 is 0. The predicted molar refractivity (Wildman–Crippen MR) is 160 cm³/mol. The molecule has 12 heteroatoms. The summed E-state index contributed by atoms with van der Waals surface area (Å²) in [7, 11) is -1.92. The summed E-state index contributed by atoms with van der Waals surface area (Å²) in [6, 6.07) is 4.80. The average Bonchev–Trinajstić information content (AvgIpc) is 3.30. The van der Waals surface area contributed by atoms with Gasteiger partial charge in [0.05, 0.1) is 44.1 Å². The molecule has 1 aromatic carbocycles. The Labute approximate surface area is 248 Å². The highest BCUT2D eigenvalue weighted by molar-refractivity contribution is 6.83. The van der Waals surface area contributed by atoms with Crippen molar-refractivity contribution in [2.24, 2.45) is 0 Å². The van der Waals surface area contributed by atoms with E-state index >= 15 is 0 Å². The van der Waals surface area contributed by atoms with Gasteiger partial charge in [-0.15, -0.1) is 4.68 Å². The molecule has 1 aliphatic heterocycles. The van der Waals surface area contributed by atoms with Crippen molar-refractivity contribution in [2.45, 2.75) is 109 Å². The molecule has 1 aliphatic carbocycles. The van der Waals surface area contributed by atoms with Gasteiger partial charge >= 0.3 is 12.1 Å². The van der Waals surface area contributed by atoms with Crippen LogP contribution < -0.4 is 10.6 Å². The van der Waals surface area contributed by atoms with Crippen LogP contribution in [0.3, 0.4) is 0 Å². The fourth-order valence-electron chi connectivity index (χ4n) is 6.12. The zero-order valence-electron chi connectivity index (χ0n) is 25.9. The van der Waals surface area contributed by atoms with Gasteiger partial charge in [-0.2, -0.15) is 5.10 Å². The van der Waals surface area contributed by atoms with Crippen LogP contribution in [0.1, 0.15) is 83.2 Å². The molecule has 0 radical (unpaired) electrons. The van der Waals surface area contributed by atoms with Crippen molar-refractivity contribution in [1.29, 1.82) is 0 Å². The second-order valence-electron chi connectivity index (χ2n) is 13.6. The standard InChI is InChI=1S/C30H44FN5O5Si/c1-9-41-27(39)36-24(33-25(37)30(14-11-15-30)42(6,7)8)21-18-35(29(4,5)23(21)34-36)26(38)32-22(17-28(2,3)40)19-12-10-13-20(31)16-19/h10,12-13,16,22,40H,9,11,14-15,17-18H2,1-8H3,(H,32,38)(H,33,37)/t22-/m1/s1. The largest absolute Gasteiger partial charge is 0.448 e.